The molecule has 9 rings (SSSR count). The summed E-state index contributed by atoms with van der Waals surface area (Å²) in [6, 6.07) is 58.4. The monoisotopic (exact) mass is 593 g/mol. The lowest BCUT2D eigenvalue weighted by Gasteiger charge is -2.27. The van der Waals surface area contributed by atoms with E-state index in [0.717, 1.165) is 39.0 Å². The lowest BCUT2D eigenvalue weighted by atomic mass is 9.94. The van der Waals surface area contributed by atoms with Gasteiger partial charge in [-0.1, -0.05) is 121 Å². The van der Waals surface area contributed by atoms with Crippen LogP contribution in [0.5, 0.6) is 0 Å². The summed E-state index contributed by atoms with van der Waals surface area (Å²) >= 11 is 1.81. The maximum absolute atomic E-state index is 6.55. The zero-order valence-corrected chi connectivity index (χ0v) is 25.2. The SMILES string of the molecule is c1ccc(-c2ccccc2-c2ccc(N(c3ccccc3)c3cc4c5ccccc5oc4c4sc5ccccc5c34)cc2)cc1. The molecular formula is C42H27NOS. The van der Waals surface area contributed by atoms with Gasteiger partial charge in [0.25, 0.3) is 0 Å². The van der Waals surface area contributed by atoms with E-state index in [1.807, 2.05) is 17.4 Å². The molecule has 0 aliphatic carbocycles. The molecule has 0 fully saturated rings. The summed E-state index contributed by atoms with van der Waals surface area (Å²) < 4.78 is 8.97. The summed E-state index contributed by atoms with van der Waals surface area (Å²) in [7, 11) is 0. The first-order chi connectivity index (χ1) is 22.3. The van der Waals surface area contributed by atoms with Gasteiger partial charge in [0.2, 0.25) is 0 Å². The Morgan fingerprint density at radius 3 is 1.80 bits per heavy atom. The molecule has 9 aromatic rings. The van der Waals surface area contributed by atoms with Crippen LogP contribution in [0.1, 0.15) is 0 Å². The first kappa shape index (κ1) is 25.8. The lowest BCUT2D eigenvalue weighted by Crippen LogP contribution is -2.10. The average Bonchev–Trinajstić information content (AvgIpc) is 3.69. The predicted molar refractivity (Wildman–Crippen MR) is 192 cm³/mol. The Hall–Kier alpha value is -5.64. The van der Waals surface area contributed by atoms with E-state index in [2.05, 4.69) is 163 Å². The van der Waals surface area contributed by atoms with Gasteiger partial charge in [-0.15, -0.1) is 11.3 Å². The molecule has 0 bridgehead atoms. The average molecular weight is 594 g/mol. The second-order valence-corrected chi connectivity index (χ2v) is 12.4. The van der Waals surface area contributed by atoms with Gasteiger partial charge in [-0.2, -0.15) is 0 Å². The van der Waals surface area contributed by atoms with Gasteiger partial charge in [-0.3, -0.25) is 0 Å². The van der Waals surface area contributed by atoms with Crippen LogP contribution in [0.4, 0.5) is 17.1 Å². The fourth-order valence-electron chi connectivity index (χ4n) is 6.62. The number of rotatable bonds is 5. The van der Waals surface area contributed by atoms with E-state index < -0.39 is 0 Å². The van der Waals surface area contributed by atoms with Crippen LogP contribution in [0.3, 0.4) is 0 Å². The molecule has 2 heterocycles. The van der Waals surface area contributed by atoms with Gasteiger partial charge in [0.05, 0.1) is 10.4 Å². The van der Waals surface area contributed by atoms with Crippen molar-refractivity contribution in [2.24, 2.45) is 0 Å². The Morgan fingerprint density at radius 1 is 0.467 bits per heavy atom. The first-order valence-corrected chi connectivity index (χ1v) is 16.0. The second-order valence-electron chi connectivity index (χ2n) is 11.3. The van der Waals surface area contributed by atoms with E-state index in [9.17, 15) is 0 Å². The quantitative estimate of drug-likeness (QED) is 0.197. The zero-order valence-electron chi connectivity index (χ0n) is 24.4. The highest BCUT2D eigenvalue weighted by Gasteiger charge is 2.23. The normalized spacial score (nSPS) is 11.6. The minimum Gasteiger partial charge on any atom is -0.455 e. The topological polar surface area (TPSA) is 16.4 Å². The van der Waals surface area contributed by atoms with Gasteiger partial charge in [-0.05, 0) is 64.7 Å². The third-order valence-corrected chi connectivity index (χ3v) is 9.85. The molecule has 45 heavy (non-hydrogen) atoms. The maximum atomic E-state index is 6.55. The molecule has 0 N–H and O–H groups in total. The van der Waals surface area contributed by atoms with Gasteiger partial charge >= 0.3 is 0 Å². The van der Waals surface area contributed by atoms with E-state index in [4.69, 9.17) is 4.42 Å². The largest absolute Gasteiger partial charge is 0.455 e. The number of hydrogen-bond donors (Lipinski definition) is 0. The van der Waals surface area contributed by atoms with E-state index in [0.29, 0.717) is 0 Å². The molecule has 0 amide bonds. The molecule has 212 valence electrons. The van der Waals surface area contributed by atoms with Crippen LogP contribution in [0.25, 0.3) is 64.4 Å². The van der Waals surface area contributed by atoms with Crippen molar-refractivity contribution in [2.75, 3.05) is 4.90 Å². The number of fused-ring (bicyclic) bond motifs is 7. The van der Waals surface area contributed by atoms with E-state index in [1.54, 1.807) is 0 Å². The summed E-state index contributed by atoms with van der Waals surface area (Å²) in [5, 5.41) is 4.72. The molecule has 0 aliphatic heterocycles. The number of para-hydroxylation sites is 2. The van der Waals surface area contributed by atoms with Gasteiger partial charge in [0.1, 0.15) is 5.58 Å². The third kappa shape index (κ3) is 4.24. The molecule has 0 saturated heterocycles. The number of benzene rings is 7. The Balaban J connectivity index is 1.29. The first-order valence-electron chi connectivity index (χ1n) is 15.2. The molecule has 2 nitrogen and oxygen atoms in total. The van der Waals surface area contributed by atoms with Crippen molar-refractivity contribution in [1.29, 1.82) is 0 Å². The van der Waals surface area contributed by atoms with Crippen LogP contribution < -0.4 is 4.90 Å². The Labute approximate surface area is 265 Å². The summed E-state index contributed by atoms with van der Waals surface area (Å²) in [4.78, 5) is 2.40. The zero-order chi connectivity index (χ0) is 29.7. The van der Waals surface area contributed by atoms with Gasteiger partial charge in [0, 0.05) is 37.6 Å². The van der Waals surface area contributed by atoms with Crippen molar-refractivity contribution >= 4 is 70.5 Å². The van der Waals surface area contributed by atoms with E-state index in [-0.39, 0.29) is 0 Å². The number of hydrogen-bond acceptors (Lipinski definition) is 3. The van der Waals surface area contributed by atoms with Crippen LogP contribution in [0.2, 0.25) is 0 Å². The van der Waals surface area contributed by atoms with Crippen molar-refractivity contribution in [1.82, 2.24) is 0 Å². The predicted octanol–water partition coefficient (Wildman–Crippen LogP) is 12.8. The highest BCUT2D eigenvalue weighted by atomic mass is 32.1. The number of anilines is 3. The summed E-state index contributed by atoms with van der Waals surface area (Å²) in [5.41, 5.74) is 10.1. The van der Waals surface area contributed by atoms with Crippen molar-refractivity contribution in [2.45, 2.75) is 0 Å². The Kier molecular flexibility index (Phi) is 6.03. The van der Waals surface area contributed by atoms with Gasteiger partial charge in [-0.25, -0.2) is 0 Å². The van der Waals surface area contributed by atoms with Crippen molar-refractivity contribution in [3.63, 3.8) is 0 Å². The second kappa shape index (κ2) is 10.5. The van der Waals surface area contributed by atoms with Crippen molar-refractivity contribution in [3.05, 3.63) is 164 Å². The van der Waals surface area contributed by atoms with Crippen LogP contribution in [0.15, 0.2) is 168 Å². The molecule has 2 aromatic heterocycles. The van der Waals surface area contributed by atoms with E-state index >= 15 is 0 Å². The van der Waals surface area contributed by atoms with Crippen LogP contribution in [0, 0.1) is 0 Å². The number of thiophene rings is 1. The van der Waals surface area contributed by atoms with Crippen LogP contribution in [-0.2, 0) is 0 Å². The third-order valence-electron chi connectivity index (χ3n) is 8.68. The smallest absolute Gasteiger partial charge is 0.153 e. The van der Waals surface area contributed by atoms with Crippen molar-refractivity contribution < 1.29 is 4.42 Å². The lowest BCUT2D eigenvalue weighted by molar-refractivity contribution is 0.673. The van der Waals surface area contributed by atoms with Crippen LogP contribution in [-0.4, -0.2) is 0 Å². The summed E-state index contributed by atoms with van der Waals surface area (Å²) in [6.07, 6.45) is 0. The molecule has 3 heteroatoms. The summed E-state index contributed by atoms with van der Waals surface area (Å²) in [5.74, 6) is 0. The minimum absolute atomic E-state index is 0.913. The number of furan rings is 1. The Bertz CT molecular complexity index is 2470. The van der Waals surface area contributed by atoms with Crippen LogP contribution >= 0.6 is 11.3 Å². The maximum Gasteiger partial charge on any atom is 0.153 e. The van der Waals surface area contributed by atoms with E-state index in [1.165, 1.54) is 42.4 Å². The molecule has 7 aromatic carbocycles. The fourth-order valence-corrected chi connectivity index (χ4v) is 7.83. The van der Waals surface area contributed by atoms with Gasteiger partial charge in [0.15, 0.2) is 5.58 Å². The molecule has 0 aliphatic rings. The molecular weight excluding hydrogens is 567 g/mol. The molecule has 0 unspecified atom stereocenters. The minimum atomic E-state index is 0.913. The Morgan fingerprint density at radius 2 is 1.04 bits per heavy atom. The highest BCUT2D eigenvalue weighted by Crippen LogP contribution is 2.50. The molecule has 0 spiro atoms. The number of nitrogens with zero attached hydrogens (tertiary/aromatic N) is 1. The molecule has 0 radical (unpaired) electrons. The molecule has 0 atom stereocenters. The standard InChI is InChI=1S/C42H27NOS/c1-3-13-28(14-4-1)32-17-7-8-18-33(32)29-23-25-31(26-24-29)43(30-15-5-2-6-16-30)37-27-36-34-19-9-11-21-38(34)44-41(36)42-40(37)35-20-10-12-22-39(35)45-42/h1-27H. The fraction of sp³-hybridized carbons (Fsp3) is 0. The molecule has 0 saturated carbocycles. The van der Waals surface area contributed by atoms with Gasteiger partial charge < -0.3 is 9.32 Å². The van der Waals surface area contributed by atoms with Crippen molar-refractivity contribution in [3.8, 4) is 22.3 Å². The highest BCUT2D eigenvalue weighted by molar-refractivity contribution is 7.26. The summed E-state index contributed by atoms with van der Waals surface area (Å²) in [6.45, 7) is 0.